The van der Waals surface area contributed by atoms with E-state index in [1.807, 2.05) is 13.0 Å². The fourth-order valence-corrected chi connectivity index (χ4v) is 2.53. The van der Waals surface area contributed by atoms with Crippen LogP contribution >= 0.6 is 11.6 Å². The van der Waals surface area contributed by atoms with E-state index in [4.69, 9.17) is 11.6 Å². The molecule has 88 valence electrons. The first kappa shape index (κ1) is 11.6. The van der Waals surface area contributed by atoms with Crippen LogP contribution in [0.4, 0.5) is 5.82 Å². The normalized spacial score (nSPS) is 21.1. The fourth-order valence-electron chi connectivity index (χ4n) is 2.22. The molecule has 1 unspecified atom stereocenters. The zero-order valence-corrected chi connectivity index (χ0v) is 10.5. The van der Waals surface area contributed by atoms with Gasteiger partial charge in [-0.15, -0.1) is 16.7 Å². The van der Waals surface area contributed by atoms with Gasteiger partial charge in [0.15, 0.2) is 5.82 Å². The Morgan fingerprint density at radius 2 is 2.31 bits per heavy atom. The van der Waals surface area contributed by atoms with Crippen LogP contribution in [-0.2, 0) is 0 Å². The van der Waals surface area contributed by atoms with Crippen molar-refractivity contribution < 1.29 is 0 Å². The van der Waals surface area contributed by atoms with Crippen molar-refractivity contribution in [2.45, 2.75) is 26.2 Å². The number of hydrogen-bond donors (Lipinski definition) is 0. The first-order chi connectivity index (χ1) is 7.79. The molecule has 0 saturated carbocycles. The predicted molar refractivity (Wildman–Crippen MR) is 67.0 cm³/mol. The van der Waals surface area contributed by atoms with Gasteiger partial charge in [-0.1, -0.05) is 0 Å². The second-order valence-electron chi connectivity index (χ2n) is 4.46. The maximum atomic E-state index is 5.80. The van der Waals surface area contributed by atoms with Gasteiger partial charge in [-0.25, -0.2) is 0 Å². The number of aromatic nitrogens is 2. The Hall–Kier alpha value is -0.830. The molecule has 1 atom stereocenters. The second-order valence-corrected chi connectivity index (χ2v) is 4.84. The van der Waals surface area contributed by atoms with Crippen LogP contribution < -0.4 is 4.90 Å². The molecule has 1 aromatic rings. The Labute approximate surface area is 102 Å². The van der Waals surface area contributed by atoms with Crippen LogP contribution in [0.2, 0.25) is 0 Å². The lowest BCUT2D eigenvalue weighted by Gasteiger charge is -2.33. The molecule has 4 heteroatoms. The summed E-state index contributed by atoms with van der Waals surface area (Å²) >= 11 is 5.80. The first-order valence-electron chi connectivity index (χ1n) is 5.91. The first-order valence-corrected chi connectivity index (χ1v) is 6.44. The summed E-state index contributed by atoms with van der Waals surface area (Å²) in [4.78, 5) is 2.33. The summed E-state index contributed by atoms with van der Waals surface area (Å²) in [5, 5.41) is 8.35. The van der Waals surface area contributed by atoms with Gasteiger partial charge in [0, 0.05) is 19.0 Å². The molecule has 1 fully saturated rings. The van der Waals surface area contributed by atoms with Crippen LogP contribution in [0.5, 0.6) is 0 Å². The maximum absolute atomic E-state index is 5.80. The van der Waals surface area contributed by atoms with Gasteiger partial charge in [-0.05, 0) is 44.2 Å². The molecule has 16 heavy (non-hydrogen) atoms. The van der Waals surface area contributed by atoms with E-state index in [9.17, 15) is 0 Å². The summed E-state index contributed by atoms with van der Waals surface area (Å²) in [5.74, 6) is 2.48. The Bertz CT molecular complexity index is 324. The van der Waals surface area contributed by atoms with Crippen LogP contribution in [0, 0.1) is 12.8 Å². The van der Waals surface area contributed by atoms with E-state index < -0.39 is 0 Å². The monoisotopic (exact) mass is 239 g/mol. The van der Waals surface area contributed by atoms with Crippen molar-refractivity contribution in [2.24, 2.45) is 5.92 Å². The van der Waals surface area contributed by atoms with Gasteiger partial charge in [-0.3, -0.25) is 0 Å². The highest BCUT2D eigenvalue weighted by Crippen LogP contribution is 2.23. The molecule has 0 aromatic carbocycles. The topological polar surface area (TPSA) is 29.0 Å². The van der Waals surface area contributed by atoms with Crippen molar-refractivity contribution in [1.82, 2.24) is 10.2 Å². The molecule has 2 heterocycles. The molecule has 1 aliphatic heterocycles. The van der Waals surface area contributed by atoms with E-state index in [1.165, 1.54) is 12.8 Å². The number of nitrogens with zero attached hydrogens (tertiary/aromatic N) is 3. The summed E-state index contributed by atoms with van der Waals surface area (Å²) in [6, 6.07) is 4.08. The lowest BCUT2D eigenvalue weighted by Crippen LogP contribution is -2.36. The van der Waals surface area contributed by atoms with Crippen LogP contribution in [0.3, 0.4) is 0 Å². The molecule has 0 radical (unpaired) electrons. The van der Waals surface area contributed by atoms with Crippen LogP contribution in [0.1, 0.15) is 25.0 Å². The summed E-state index contributed by atoms with van der Waals surface area (Å²) in [5.41, 5.74) is 0.970. The zero-order chi connectivity index (χ0) is 11.4. The SMILES string of the molecule is Cc1ccc(N2CCCC(CCCl)C2)nn1. The Balaban J connectivity index is 2.01. The molecule has 0 amide bonds. The molecule has 0 bridgehead atoms. The molecular weight excluding hydrogens is 222 g/mol. The average Bonchev–Trinajstić information content (AvgIpc) is 2.31. The number of piperidine rings is 1. The van der Waals surface area contributed by atoms with Crippen molar-refractivity contribution in [3.05, 3.63) is 17.8 Å². The largest absolute Gasteiger partial charge is 0.355 e. The number of rotatable bonds is 3. The van der Waals surface area contributed by atoms with Crippen LogP contribution in [0.15, 0.2) is 12.1 Å². The minimum Gasteiger partial charge on any atom is -0.355 e. The van der Waals surface area contributed by atoms with Crippen LogP contribution in [-0.4, -0.2) is 29.2 Å². The fraction of sp³-hybridized carbons (Fsp3) is 0.667. The van der Waals surface area contributed by atoms with Crippen LogP contribution in [0.25, 0.3) is 0 Å². The number of anilines is 1. The van der Waals surface area contributed by atoms with Crippen molar-refractivity contribution in [3.8, 4) is 0 Å². The molecule has 1 aliphatic rings. The van der Waals surface area contributed by atoms with Gasteiger partial charge in [-0.2, -0.15) is 5.10 Å². The molecule has 2 rings (SSSR count). The lowest BCUT2D eigenvalue weighted by molar-refractivity contribution is 0.404. The number of aryl methyl sites for hydroxylation is 1. The van der Waals surface area contributed by atoms with Gasteiger partial charge >= 0.3 is 0 Å². The molecular formula is C12H18ClN3. The highest BCUT2D eigenvalue weighted by atomic mass is 35.5. The third-order valence-corrected chi connectivity index (χ3v) is 3.36. The minimum absolute atomic E-state index is 0.717. The third-order valence-electron chi connectivity index (χ3n) is 3.14. The van der Waals surface area contributed by atoms with Gasteiger partial charge < -0.3 is 4.90 Å². The number of halogens is 1. The Kier molecular flexibility index (Phi) is 3.99. The minimum atomic E-state index is 0.717. The quantitative estimate of drug-likeness (QED) is 0.760. The smallest absolute Gasteiger partial charge is 0.151 e. The molecule has 0 N–H and O–H groups in total. The molecule has 0 spiro atoms. The van der Waals surface area contributed by atoms with Gasteiger partial charge in [0.2, 0.25) is 0 Å². The van der Waals surface area contributed by atoms with Crippen molar-refractivity contribution in [2.75, 3.05) is 23.9 Å². The zero-order valence-electron chi connectivity index (χ0n) is 9.69. The van der Waals surface area contributed by atoms with Crippen molar-refractivity contribution >= 4 is 17.4 Å². The second kappa shape index (κ2) is 5.48. The van der Waals surface area contributed by atoms with E-state index in [-0.39, 0.29) is 0 Å². The van der Waals surface area contributed by atoms with Crippen molar-refractivity contribution in [3.63, 3.8) is 0 Å². The maximum Gasteiger partial charge on any atom is 0.151 e. The summed E-state index contributed by atoms with van der Waals surface area (Å²) in [6.07, 6.45) is 3.64. The summed E-state index contributed by atoms with van der Waals surface area (Å²) in [7, 11) is 0. The van der Waals surface area contributed by atoms with E-state index in [0.717, 1.165) is 36.9 Å². The van der Waals surface area contributed by atoms with Gasteiger partial charge in [0.1, 0.15) is 0 Å². The molecule has 3 nitrogen and oxygen atoms in total. The summed E-state index contributed by atoms with van der Waals surface area (Å²) < 4.78 is 0. The lowest BCUT2D eigenvalue weighted by atomic mass is 9.95. The third kappa shape index (κ3) is 2.85. The average molecular weight is 240 g/mol. The van der Waals surface area contributed by atoms with E-state index >= 15 is 0 Å². The standard InChI is InChI=1S/C12H18ClN3/c1-10-4-5-12(15-14-10)16-8-2-3-11(9-16)6-7-13/h4-5,11H,2-3,6-9H2,1H3. The highest BCUT2D eigenvalue weighted by molar-refractivity contribution is 6.17. The number of alkyl halides is 1. The molecule has 1 aromatic heterocycles. The van der Waals surface area contributed by atoms with Gasteiger partial charge in [0.25, 0.3) is 0 Å². The number of hydrogen-bond acceptors (Lipinski definition) is 3. The van der Waals surface area contributed by atoms with E-state index in [2.05, 4.69) is 21.2 Å². The molecule has 1 saturated heterocycles. The van der Waals surface area contributed by atoms with Crippen molar-refractivity contribution in [1.29, 1.82) is 0 Å². The van der Waals surface area contributed by atoms with Gasteiger partial charge in [0.05, 0.1) is 5.69 Å². The summed E-state index contributed by atoms with van der Waals surface area (Å²) in [6.45, 7) is 4.13. The predicted octanol–water partition coefficient (Wildman–Crippen LogP) is 2.63. The van der Waals surface area contributed by atoms with E-state index in [1.54, 1.807) is 0 Å². The molecule has 0 aliphatic carbocycles. The van der Waals surface area contributed by atoms with E-state index in [0.29, 0.717) is 5.92 Å². The highest BCUT2D eigenvalue weighted by Gasteiger charge is 2.20. The Morgan fingerprint density at radius 3 is 3.00 bits per heavy atom. The Morgan fingerprint density at radius 1 is 1.44 bits per heavy atom.